The van der Waals surface area contributed by atoms with Gasteiger partial charge in [0.25, 0.3) is 0 Å². The number of aliphatic imine (C=N–C) groups is 1. The van der Waals surface area contributed by atoms with Crippen LogP contribution in [0.3, 0.4) is 0 Å². The Kier molecular flexibility index (Phi) is 3.33. The minimum atomic E-state index is 0.950. The van der Waals surface area contributed by atoms with Crippen molar-refractivity contribution in [1.29, 1.82) is 0 Å². The number of hydrogen-bond acceptors (Lipinski definition) is 3. The molecule has 1 aromatic rings. The van der Waals surface area contributed by atoms with Gasteiger partial charge in [-0.25, -0.2) is 0 Å². The Balaban J connectivity index is 1.55. The first-order valence-electron chi connectivity index (χ1n) is 6.89. The van der Waals surface area contributed by atoms with E-state index in [0.717, 1.165) is 24.7 Å². The quantitative estimate of drug-likeness (QED) is 0.757. The molecular weight excluding hydrogens is 222 g/mol. The lowest BCUT2D eigenvalue weighted by atomic mass is 10.2. The maximum absolute atomic E-state index is 3.93. The average Bonchev–Trinajstić information content (AvgIpc) is 3.24. The van der Waals surface area contributed by atoms with Crippen LogP contribution in [0, 0.1) is 5.92 Å². The molecule has 0 aromatic heterocycles. The molecule has 3 heteroatoms. The molecule has 0 unspecified atom stereocenters. The molecule has 3 nitrogen and oxygen atoms in total. The summed E-state index contributed by atoms with van der Waals surface area (Å²) in [6, 6.07) is 8.39. The molecule has 0 spiro atoms. The molecule has 1 saturated carbocycles. The fourth-order valence-electron chi connectivity index (χ4n) is 2.62. The first-order chi connectivity index (χ1) is 8.85. The van der Waals surface area contributed by atoms with Crippen molar-refractivity contribution in [3.63, 3.8) is 0 Å². The van der Waals surface area contributed by atoms with Gasteiger partial charge in [0.1, 0.15) is 0 Å². The van der Waals surface area contributed by atoms with Gasteiger partial charge in [0.05, 0.1) is 5.69 Å². The van der Waals surface area contributed by atoms with Crippen LogP contribution in [0.25, 0.3) is 0 Å². The van der Waals surface area contributed by atoms with Crippen LogP contribution in [0.2, 0.25) is 0 Å². The third-order valence-corrected chi connectivity index (χ3v) is 3.98. The van der Waals surface area contributed by atoms with E-state index in [1.165, 1.54) is 38.2 Å². The fourth-order valence-corrected chi connectivity index (χ4v) is 2.62. The standard InChI is InChI=1S/C15H21N3/c1-16-14-4-6-15(7-5-14)18-10-8-17(9-11-18)12-13-2-3-13/h4-7,13H,1-3,8-12H2. The lowest BCUT2D eigenvalue weighted by molar-refractivity contribution is 0.248. The van der Waals surface area contributed by atoms with E-state index in [0.29, 0.717) is 0 Å². The Bertz CT molecular complexity index is 400. The van der Waals surface area contributed by atoms with E-state index in [1.807, 2.05) is 12.1 Å². The first-order valence-corrected chi connectivity index (χ1v) is 6.89. The van der Waals surface area contributed by atoms with Crippen LogP contribution in [-0.4, -0.2) is 44.3 Å². The summed E-state index contributed by atoms with van der Waals surface area (Å²) in [6.45, 7) is 9.58. The fraction of sp³-hybridized carbons (Fsp3) is 0.533. The summed E-state index contributed by atoms with van der Waals surface area (Å²) in [5, 5.41) is 0. The van der Waals surface area contributed by atoms with Crippen molar-refractivity contribution in [2.45, 2.75) is 12.8 Å². The molecule has 0 amide bonds. The minimum Gasteiger partial charge on any atom is -0.369 e. The highest BCUT2D eigenvalue weighted by Crippen LogP contribution is 2.30. The highest BCUT2D eigenvalue weighted by Gasteiger charge is 2.26. The molecule has 1 aliphatic carbocycles. The van der Waals surface area contributed by atoms with Crippen LogP contribution >= 0.6 is 0 Å². The molecule has 3 rings (SSSR count). The van der Waals surface area contributed by atoms with E-state index in [2.05, 4.69) is 33.6 Å². The van der Waals surface area contributed by atoms with E-state index in [1.54, 1.807) is 0 Å². The second-order valence-corrected chi connectivity index (χ2v) is 5.41. The maximum Gasteiger partial charge on any atom is 0.0623 e. The van der Waals surface area contributed by atoms with Crippen molar-refractivity contribution in [1.82, 2.24) is 4.90 Å². The summed E-state index contributed by atoms with van der Waals surface area (Å²) in [7, 11) is 0. The van der Waals surface area contributed by atoms with Gasteiger partial charge in [-0.2, -0.15) is 0 Å². The molecule has 2 aliphatic rings. The van der Waals surface area contributed by atoms with Crippen LogP contribution in [-0.2, 0) is 0 Å². The van der Waals surface area contributed by atoms with Gasteiger partial charge in [0, 0.05) is 38.4 Å². The zero-order valence-corrected chi connectivity index (χ0v) is 10.9. The highest BCUT2D eigenvalue weighted by molar-refractivity contribution is 5.55. The monoisotopic (exact) mass is 243 g/mol. The predicted octanol–water partition coefficient (Wildman–Crippen LogP) is 2.55. The van der Waals surface area contributed by atoms with Gasteiger partial charge >= 0.3 is 0 Å². The average molecular weight is 243 g/mol. The Labute approximate surface area is 109 Å². The van der Waals surface area contributed by atoms with Gasteiger partial charge < -0.3 is 4.90 Å². The molecule has 0 N–H and O–H groups in total. The van der Waals surface area contributed by atoms with Crippen molar-refractivity contribution in [2.75, 3.05) is 37.6 Å². The molecule has 2 fully saturated rings. The van der Waals surface area contributed by atoms with Gasteiger partial charge in [0.2, 0.25) is 0 Å². The summed E-state index contributed by atoms with van der Waals surface area (Å²) >= 11 is 0. The molecule has 1 heterocycles. The zero-order valence-electron chi connectivity index (χ0n) is 10.9. The van der Waals surface area contributed by atoms with Crippen molar-refractivity contribution < 1.29 is 0 Å². The van der Waals surface area contributed by atoms with Crippen molar-refractivity contribution in [3.8, 4) is 0 Å². The SMILES string of the molecule is C=Nc1ccc(N2CCN(CC3CC3)CC2)cc1. The number of rotatable bonds is 4. The second-order valence-electron chi connectivity index (χ2n) is 5.41. The van der Waals surface area contributed by atoms with Crippen LogP contribution in [0.5, 0.6) is 0 Å². The predicted molar refractivity (Wildman–Crippen MR) is 77.0 cm³/mol. The Hall–Kier alpha value is -1.35. The number of anilines is 1. The number of benzene rings is 1. The molecule has 0 atom stereocenters. The molecule has 18 heavy (non-hydrogen) atoms. The third kappa shape index (κ3) is 2.72. The molecule has 1 aromatic carbocycles. The van der Waals surface area contributed by atoms with Crippen LogP contribution in [0.4, 0.5) is 11.4 Å². The zero-order chi connectivity index (χ0) is 12.4. The van der Waals surface area contributed by atoms with Gasteiger partial charge in [-0.05, 0) is 49.7 Å². The first kappa shape index (κ1) is 11.7. The number of hydrogen-bond donors (Lipinski definition) is 0. The molecule has 1 saturated heterocycles. The van der Waals surface area contributed by atoms with Crippen molar-refractivity contribution in [3.05, 3.63) is 24.3 Å². The van der Waals surface area contributed by atoms with Crippen LogP contribution < -0.4 is 4.90 Å². The molecule has 1 aliphatic heterocycles. The highest BCUT2D eigenvalue weighted by atomic mass is 15.3. The maximum atomic E-state index is 3.93. The van der Waals surface area contributed by atoms with E-state index >= 15 is 0 Å². The van der Waals surface area contributed by atoms with E-state index in [9.17, 15) is 0 Å². The summed E-state index contributed by atoms with van der Waals surface area (Å²) in [6.07, 6.45) is 2.91. The Morgan fingerprint density at radius 1 is 1.06 bits per heavy atom. The van der Waals surface area contributed by atoms with Gasteiger partial charge in [-0.15, -0.1) is 0 Å². The van der Waals surface area contributed by atoms with E-state index in [4.69, 9.17) is 0 Å². The van der Waals surface area contributed by atoms with E-state index in [-0.39, 0.29) is 0 Å². The Morgan fingerprint density at radius 3 is 2.28 bits per heavy atom. The topological polar surface area (TPSA) is 18.8 Å². The van der Waals surface area contributed by atoms with Crippen LogP contribution in [0.1, 0.15) is 12.8 Å². The number of piperazine rings is 1. The summed E-state index contributed by atoms with van der Waals surface area (Å²) in [5.41, 5.74) is 2.26. The van der Waals surface area contributed by atoms with Gasteiger partial charge in [0.15, 0.2) is 0 Å². The summed E-state index contributed by atoms with van der Waals surface area (Å²) in [5.74, 6) is 1.01. The summed E-state index contributed by atoms with van der Waals surface area (Å²) in [4.78, 5) is 9.02. The third-order valence-electron chi connectivity index (χ3n) is 3.98. The molecule has 0 bridgehead atoms. The van der Waals surface area contributed by atoms with E-state index < -0.39 is 0 Å². The lowest BCUT2D eigenvalue weighted by Gasteiger charge is -2.36. The largest absolute Gasteiger partial charge is 0.369 e. The number of nitrogens with zero attached hydrogens (tertiary/aromatic N) is 3. The summed E-state index contributed by atoms with van der Waals surface area (Å²) < 4.78 is 0. The lowest BCUT2D eigenvalue weighted by Crippen LogP contribution is -2.47. The van der Waals surface area contributed by atoms with Gasteiger partial charge in [-0.3, -0.25) is 9.89 Å². The van der Waals surface area contributed by atoms with Crippen molar-refractivity contribution >= 4 is 18.1 Å². The smallest absolute Gasteiger partial charge is 0.0623 e. The van der Waals surface area contributed by atoms with Crippen molar-refractivity contribution in [2.24, 2.45) is 10.9 Å². The van der Waals surface area contributed by atoms with Crippen LogP contribution in [0.15, 0.2) is 29.3 Å². The Morgan fingerprint density at radius 2 is 1.72 bits per heavy atom. The second kappa shape index (κ2) is 5.11. The normalized spacial score (nSPS) is 21.0. The molecular formula is C15H21N3. The van der Waals surface area contributed by atoms with Gasteiger partial charge in [-0.1, -0.05) is 0 Å². The molecule has 0 radical (unpaired) electrons. The minimum absolute atomic E-state index is 0.950. The molecule has 96 valence electrons.